The van der Waals surface area contributed by atoms with Crippen LogP contribution < -0.4 is 5.32 Å². The Morgan fingerprint density at radius 2 is 1.61 bits per heavy atom. The first kappa shape index (κ1) is 17.9. The summed E-state index contributed by atoms with van der Waals surface area (Å²) in [7, 11) is 0. The lowest BCUT2D eigenvalue weighted by molar-refractivity contribution is 0.117. The zero-order valence-electron chi connectivity index (χ0n) is 14.1. The van der Waals surface area contributed by atoms with Gasteiger partial charge in [0.25, 0.3) is 0 Å². The predicted molar refractivity (Wildman–Crippen MR) is 83.2 cm³/mol. The van der Waals surface area contributed by atoms with Crippen LogP contribution in [0.25, 0.3) is 0 Å². The number of nitrogens with one attached hydrogen (secondary N) is 1. The Morgan fingerprint density at radius 3 is 1.94 bits per heavy atom. The molecule has 0 radical (unpaired) electrons. The van der Waals surface area contributed by atoms with Gasteiger partial charge in [-0.1, -0.05) is 27.7 Å². The van der Waals surface area contributed by atoms with E-state index in [0.29, 0.717) is 11.5 Å². The lowest BCUT2D eigenvalue weighted by atomic mass is 9.85. The molecule has 0 saturated carbocycles. The fourth-order valence-corrected chi connectivity index (χ4v) is 2.10. The molecular formula is C16H36N2. The van der Waals surface area contributed by atoms with Gasteiger partial charge in [0.1, 0.15) is 0 Å². The summed E-state index contributed by atoms with van der Waals surface area (Å²) in [4.78, 5) is 2.62. The van der Waals surface area contributed by atoms with Crippen LogP contribution in [0.2, 0.25) is 0 Å². The summed E-state index contributed by atoms with van der Waals surface area (Å²) < 4.78 is 0. The minimum absolute atomic E-state index is 0.212. The van der Waals surface area contributed by atoms with E-state index in [-0.39, 0.29) is 5.54 Å². The van der Waals surface area contributed by atoms with Gasteiger partial charge < -0.3 is 10.2 Å². The number of nitrogens with zero attached hydrogens (tertiary/aromatic N) is 1. The number of hydrogen-bond acceptors (Lipinski definition) is 2. The van der Waals surface area contributed by atoms with E-state index >= 15 is 0 Å². The van der Waals surface area contributed by atoms with E-state index in [0.717, 1.165) is 13.1 Å². The molecule has 0 aliphatic rings. The van der Waals surface area contributed by atoms with E-state index in [1.54, 1.807) is 0 Å². The lowest BCUT2D eigenvalue weighted by Gasteiger charge is -2.39. The molecule has 2 heteroatoms. The SMILES string of the molecule is CCC(C)N(CC)CC(C)(CC)CNC(C)(C)C. The summed E-state index contributed by atoms with van der Waals surface area (Å²) in [6, 6.07) is 0.690. The van der Waals surface area contributed by atoms with Gasteiger partial charge in [-0.05, 0) is 52.5 Å². The second-order valence-electron chi connectivity index (χ2n) is 7.09. The van der Waals surface area contributed by atoms with Crippen LogP contribution in [0.5, 0.6) is 0 Å². The van der Waals surface area contributed by atoms with E-state index in [4.69, 9.17) is 0 Å². The normalized spacial score (nSPS) is 17.8. The second-order valence-corrected chi connectivity index (χ2v) is 7.09. The fraction of sp³-hybridized carbons (Fsp3) is 1.00. The zero-order valence-corrected chi connectivity index (χ0v) is 14.1. The van der Waals surface area contributed by atoms with Crippen molar-refractivity contribution in [3.8, 4) is 0 Å². The van der Waals surface area contributed by atoms with E-state index in [1.165, 1.54) is 19.4 Å². The van der Waals surface area contributed by atoms with Crippen molar-refractivity contribution in [2.45, 2.75) is 79.8 Å². The summed E-state index contributed by atoms with van der Waals surface area (Å²) >= 11 is 0. The van der Waals surface area contributed by atoms with Crippen molar-refractivity contribution < 1.29 is 0 Å². The number of rotatable bonds is 8. The average molecular weight is 256 g/mol. The van der Waals surface area contributed by atoms with Crippen LogP contribution in [0.4, 0.5) is 0 Å². The molecule has 0 aliphatic carbocycles. The maximum Gasteiger partial charge on any atom is 0.00967 e. The zero-order chi connectivity index (χ0) is 14.4. The first-order valence-corrected chi connectivity index (χ1v) is 7.66. The van der Waals surface area contributed by atoms with Gasteiger partial charge in [-0.2, -0.15) is 0 Å². The van der Waals surface area contributed by atoms with Crippen molar-refractivity contribution in [1.82, 2.24) is 10.2 Å². The van der Waals surface area contributed by atoms with E-state index in [1.807, 2.05) is 0 Å². The Kier molecular flexibility index (Phi) is 7.46. The maximum absolute atomic E-state index is 3.67. The van der Waals surface area contributed by atoms with Gasteiger partial charge >= 0.3 is 0 Å². The highest BCUT2D eigenvalue weighted by Crippen LogP contribution is 2.24. The molecule has 0 aromatic heterocycles. The van der Waals surface area contributed by atoms with Crippen LogP contribution in [0, 0.1) is 5.41 Å². The van der Waals surface area contributed by atoms with Gasteiger partial charge in [0.05, 0.1) is 0 Å². The highest BCUT2D eigenvalue weighted by molar-refractivity contribution is 4.84. The third-order valence-electron chi connectivity index (χ3n) is 4.10. The summed E-state index contributed by atoms with van der Waals surface area (Å²) in [5.74, 6) is 0. The van der Waals surface area contributed by atoms with Gasteiger partial charge in [0, 0.05) is 24.7 Å². The minimum atomic E-state index is 0.212. The van der Waals surface area contributed by atoms with Crippen molar-refractivity contribution >= 4 is 0 Å². The molecule has 2 nitrogen and oxygen atoms in total. The van der Waals surface area contributed by atoms with E-state index in [2.05, 4.69) is 65.6 Å². The summed E-state index contributed by atoms with van der Waals surface area (Å²) in [6.07, 6.45) is 2.46. The van der Waals surface area contributed by atoms with Gasteiger partial charge in [0.2, 0.25) is 0 Å². The van der Waals surface area contributed by atoms with Gasteiger partial charge in [-0.15, -0.1) is 0 Å². The van der Waals surface area contributed by atoms with Crippen LogP contribution in [0.3, 0.4) is 0 Å². The Bertz CT molecular complexity index is 220. The molecule has 0 amide bonds. The Hall–Kier alpha value is -0.0800. The molecule has 0 aliphatic heterocycles. The van der Waals surface area contributed by atoms with Crippen molar-refractivity contribution in [1.29, 1.82) is 0 Å². The highest BCUT2D eigenvalue weighted by Gasteiger charge is 2.27. The molecule has 0 bridgehead atoms. The van der Waals surface area contributed by atoms with Crippen molar-refractivity contribution in [3.05, 3.63) is 0 Å². The van der Waals surface area contributed by atoms with Crippen LogP contribution in [0.1, 0.15) is 68.2 Å². The molecule has 0 saturated heterocycles. The molecule has 0 rings (SSSR count). The second kappa shape index (κ2) is 7.49. The lowest BCUT2D eigenvalue weighted by Crippen LogP contribution is -2.49. The largest absolute Gasteiger partial charge is 0.311 e. The Balaban J connectivity index is 4.53. The van der Waals surface area contributed by atoms with Crippen molar-refractivity contribution in [2.75, 3.05) is 19.6 Å². The quantitative estimate of drug-likeness (QED) is 0.708. The molecule has 110 valence electrons. The Labute approximate surface area is 116 Å². The van der Waals surface area contributed by atoms with Crippen LogP contribution in [0.15, 0.2) is 0 Å². The standard InChI is InChI=1S/C16H36N2/c1-9-14(4)18(11-3)13-16(8,10-2)12-17-15(5,6)7/h14,17H,9-13H2,1-8H3. The summed E-state index contributed by atoms with van der Waals surface area (Å²) in [6.45, 7) is 21.8. The third kappa shape index (κ3) is 6.75. The molecular weight excluding hydrogens is 220 g/mol. The van der Waals surface area contributed by atoms with Crippen LogP contribution >= 0.6 is 0 Å². The molecule has 0 aromatic rings. The van der Waals surface area contributed by atoms with Gasteiger partial charge in [-0.3, -0.25) is 0 Å². The first-order chi connectivity index (χ1) is 8.17. The summed E-state index contributed by atoms with van der Waals surface area (Å²) in [5.41, 5.74) is 0.580. The molecule has 0 heterocycles. The molecule has 0 fully saturated rings. The maximum atomic E-state index is 3.67. The first-order valence-electron chi connectivity index (χ1n) is 7.66. The molecule has 0 spiro atoms. The fourth-order valence-electron chi connectivity index (χ4n) is 2.10. The molecule has 18 heavy (non-hydrogen) atoms. The smallest absolute Gasteiger partial charge is 0.00967 e. The van der Waals surface area contributed by atoms with Crippen molar-refractivity contribution in [3.63, 3.8) is 0 Å². The van der Waals surface area contributed by atoms with Gasteiger partial charge in [0.15, 0.2) is 0 Å². The molecule has 1 N–H and O–H groups in total. The average Bonchev–Trinajstić information content (AvgIpc) is 2.32. The molecule has 2 unspecified atom stereocenters. The predicted octanol–water partition coefficient (Wildman–Crippen LogP) is 3.91. The topological polar surface area (TPSA) is 15.3 Å². The van der Waals surface area contributed by atoms with E-state index < -0.39 is 0 Å². The highest BCUT2D eigenvalue weighted by atomic mass is 15.2. The van der Waals surface area contributed by atoms with Crippen molar-refractivity contribution in [2.24, 2.45) is 5.41 Å². The number of hydrogen-bond donors (Lipinski definition) is 1. The third-order valence-corrected chi connectivity index (χ3v) is 4.10. The van der Waals surface area contributed by atoms with Gasteiger partial charge in [-0.25, -0.2) is 0 Å². The molecule has 0 aromatic carbocycles. The Morgan fingerprint density at radius 1 is 1.06 bits per heavy atom. The summed E-state index contributed by atoms with van der Waals surface area (Å²) in [5, 5.41) is 3.67. The van der Waals surface area contributed by atoms with Crippen LogP contribution in [-0.4, -0.2) is 36.1 Å². The van der Waals surface area contributed by atoms with E-state index in [9.17, 15) is 0 Å². The minimum Gasteiger partial charge on any atom is -0.311 e. The molecule has 2 atom stereocenters. The monoisotopic (exact) mass is 256 g/mol. The van der Waals surface area contributed by atoms with Crippen LogP contribution in [-0.2, 0) is 0 Å².